The fourth-order valence-corrected chi connectivity index (χ4v) is 6.26. The number of anilines is 2. The third-order valence-corrected chi connectivity index (χ3v) is 8.04. The first kappa shape index (κ1) is 22.3. The van der Waals surface area contributed by atoms with Gasteiger partial charge in [-0.1, -0.05) is 46.2 Å². The summed E-state index contributed by atoms with van der Waals surface area (Å²) < 4.78 is 0.901. The van der Waals surface area contributed by atoms with Crippen LogP contribution in [0.3, 0.4) is 0 Å². The summed E-state index contributed by atoms with van der Waals surface area (Å²) in [5, 5.41) is 6.44. The number of rotatable bonds is 4. The molecule has 1 saturated heterocycles. The van der Waals surface area contributed by atoms with Crippen LogP contribution >= 0.6 is 27.3 Å². The number of carbonyl (C=O) groups excluding carboxylic acids is 3. The summed E-state index contributed by atoms with van der Waals surface area (Å²) in [6.45, 7) is 1.44. The van der Waals surface area contributed by atoms with E-state index in [1.807, 2.05) is 29.2 Å². The fraction of sp³-hybridized carbons (Fsp3) is 0.478. The first-order valence-corrected chi connectivity index (χ1v) is 13.0. The average Bonchev–Trinajstić information content (AvgIpc) is 3.52. The minimum absolute atomic E-state index is 0.00776. The van der Waals surface area contributed by atoms with Crippen molar-refractivity contribution in [2.24, 2.45) is 5.92 Å². The van der Waals surface area contributed by atoms with Crippen LogP contribution in [0.15, 0.2) is 28.7 Å². The molecule has 2 N–H and O–H groups in total. The number of fused-ring (bicyclic) bond motifs is 1. The van der Waals surface area contributed by atoms with Crippen LogP contribution in [-0.4, -0.2) is 46.9 Å². The second-order valence-corrected chi connectivity index (χ2v) is 10.9. The lowest BCUT2D eigenvalue weighted by atomic mass is 10.1. The van der Waals surface area contributed by atoms with Gasteiger partial charge in [-0.25, -0.2) is 9.78 Å². The summed E-state index contributed by atoms with van der Waals surface area (Å²) in [7, 11) is 0. The summed E-state index contributed by atoms with van der Waals surface area (Å²) in [6, 6.07) is 7.62. The second-order valence-electron chi connectivity index (χ2n) is 8.86. The molecule has 33 heavy (non-hydrogen) atoms. The van der Waals surface area contributed by atoms with Crippen molar-refractivity contribution in [1.29, 1.82) is 0 Å². The van der Waals surface area contributed by atoms with Gasteiger partial charge in [0.25, 0.3) is 0 Å². The largest absolute Gasteiger partial charge is 0.337 e. The van der Waals surface area contributed by atoms with E-state index in [0.29, 0.717) is 31.2 Å². The molecule has 1 aliphatic carbocycles. The fourth-order valence-electron chi connectivity index (χ4n) is 4.85. The highest BCUT2D eigenvalue weighted by Crippen LogP contribution is 2.32. The van der Waals surface area contributed by atoms with E-state index >= 15 is 0 Å². The number of thiazole rings is 1. The Labute approximate surface area is 204 Å². The molecular formula is C23H26BrN5O3S. The molecule has 3 aliphatic rings. The van der Waals surface area contributed by atoms with Crippen LogP contribution in [0, 0.1) is 5.92 Å². The maximum atomic E-state index is 13.2. The topological polar surface area (TPSA) is 94.6 Å². The Bertz CT molecular complexity index is 1080. The normalized spacial score (nSPS) is 20.8. The van der Waals surface area contributed by atoms with Crippen molar-refractivity contribution < 1.29 is 14.4 Å². The van der Waals surface area contributed by atoms with Crippen LogP contribution in [0.25, 0.3) is 0 Å². The molecule has 3 heterocycles. The van der Waals surface area contributed by atoms with E-state index < -0.39 is 0 Å². The van der Waals surface area contributed by atoms with Gasteiger partial charge in [0.15, 0.2) is 5.13 Å². The Balaban J connectivity index is 1.20. The van der Waals surface area contributed by atoms with Gasteiger partial charge in [0.05, 0.1) is 18.2 Å². The summed E-state index contributed by atoms with van der Waals surface area (Å²) in [5.74, 6) is -0.365. The van der Waals surface area contributed by atoms with E-state index in [0.717, 1.165) is 46.4 Å². The van der Waals surface area contributed by atoms with Crippen molar-refractivity contribution in [3.05, 3.63) is 39.3 Å². The second kappa shape index (κ2) is 9.42. The molecular weight excluding hydrogens is 506 g/mol. The minimum atomic E-state index is -0.347. The van der Waals surface area contributed by atoms with Crippen LogP contribution in [0.2, 0.25) is 0 Å². The zero-order chi connectivity index (χ0) is 22.9. The zero-order valence-corrected chi connectivity index (χ0v) is 20.6. The minimum Gasteiger partial charge on any atom is -0.337 e. The number of hydrogen-bond acceptors (Lipinski definition) is 5. The molecule has 4 amide bonds. The standard InChI is InChI=1S/C23H26BrN5O3S/c24-15-4-3-7-17(11-15)29-12-14(10-20(29)30)21(31)28-9-8-18-19(13-28)33-23(26-18)27-22(32)25-16-5-1-2-6-16/h3-4,7,11,14,16H,1-2,5-6,8-10,12-13H2,(H2,25,26,27,32). The van der Waals surface area contributed by atoms with E-state index in [-0.39, 0.29) is 36.2 Å². The van der Waals surface area contributed by atoms with Gasteiger partial charge in [-0.3, -0.25) is 14.9 Å². The number of carbonyl (C=O) groups is 3. The predicted molar refractivity (Wildman–Crippen MR) is 130 cm³/mol. The lowest BCUT2D eigenvalue weighted by molar-refractivity contribution is -0.136. The van der Waals surface area contributed by atoms with Crippen molar-refractivity contribution in [2.45, 2.75) is 51.1 Å². The van der Waals surface area contributed by atoms with Gasteiger partial charge in [0, 0.05) is 47.0 Å². The number of nitrogens with zero attached hydrogens (tertiary/aromatic N) is 3. The number of aromatic nitrogens is 1. The number of nitrogens with one attached hydrogen (secondary N) is 2. The van der Waals surface area contributed by atoms with Gasteiger partial charge < -0.3 is 15.1 Å². The average molecular weight is 532 g/mol. The lowest BCUT2D eigenvalue weighted by Gasteiger charge is -2.28. The monoisotopic (exact) mass is 531 g/mol. The van der Waals surface area contributed by atoms with Crippen molar-refractivity contribution in [2.75, 3.05) is 23.3 Å². The van der Waals surface area contributed by atoms with Crippen LogP contribution in [0.1, 0.15) is 42.7 Å². The van der Waals surface area contributed by atoms with Crippen LogP contribution in [0.5, 0.6) is 0 Å². The van der Waals surface area contributed by atoms with Gasteiger partial charge in [0.2, 0.25) is 11.8 Å². The molecule has 5 rings (SSSR count). The zero-order valence-electron chi connectivity index (χ0n) is 18.2. The van der Waals surface area contributed by atoms with Gasteiger partial charge in [0.1, 0.15) is 0 Å². The van der Waals surface area contributed by atoms with E-state index in [4.69, 9.17) is 0 Å². The lowest BCUT2D eigenvalue weighted by Crippen LogP contribution is -2.40. The molecule has 0 bridgehead atoms. The van der Waals surface area contributed by atoms with Crippen molar-refractivity contribution >= 4 is 55.9 Å². The summed E-state index contributed by atoms with van der Waals surface area (Å²) in [6.07, 6.45) is 5.26. The van der Waals surface area contributed by atoms with E-state index in [1.165, 1.54) is 11.3 Å². The first-order chi connectivity index (χ1) is 16.0. The maximum Gasteiger partial charge on any atom is 0.321 e. The van der Waals surface area contributed by atoms with Gasteiger partial charge in [-0.15, -0.1) is 0 Å². The number of benzene rings is 1. The van der Waals surface area contributed by atoms with Crippen molar-refractivity contribution in [3.8, 4) is 0 Å². The van der Waals surface area contributed by atoms with Crippen molar-refractivity contribution in [3.63, 3.8) is 0 Å². The molecule has 2 aromatic rings. The first-order valence-electron chi connectivity index (χ1n) is 11.4. The van der Waals surface area contributed by atoms with Crippen molar-refractivity contribution in [1.82, 2.24) is 15.2 Å². The number of hydrogen-bond donors (Lipinski definition) is 2. The molecule has 10 heteroatoms. The molecule has 1 aromatic carbocycles. The smallest absolute Gasteiger partial charge is 0.321 e. The predicted octanol–water partition coefficient (Wildman–Crippen LogP) is 3.91. The summed E-state index contributed by atoms with van der Waals surface area (Å²) in [5.41, 5.74) is 1.75. The van der Waals surface area contributed by atoms with Gasteiger partial charge >= 0.3 is 6.03 Å². The Morgan fingerprint density at radius 1 is 1.21 bits per heavy atom. The van der Waals surface area contributed by atoms with Gasteiger partial charge in [-0.2, -0.15) is 0 Å². The molecule has 1 saturated carbocycles. The maximum absolute atomic E-state index is 13.2. The quantitative estimate of drug-likeness (QED) is 0.625. The number of amides is 4. The molecule has 1 aromatic heterocycles. The van der Waals surface area contributed by atoms with Crippen LogP contribution in [-0.2, 0) is 22.6 Å². The Kier molecular flexibility index (Phi) is 6.38. The van der Waals surface area contributed by atoms with Gasteiger partial charge in [-0.05, 0) is 31.0 Å². The highest BCUT2D eigenvalue weighted by atomic mass is 79.9. The Morgan fingerprint density at radius 3 is 2.82 bits per heavy atom. The molecule has 2 aliphatic heterocycles. The van der Waals surface area contributed by atoms with Crippen LogP contribution in [0.4, 0.5) is 15.6 Å². The number of halogens is 1. The summed E-state index contributed by atoms with van der Waals surface area (Å²) in [4.78, 5) is 47.2. The molecule has 0 radical (unpaired) electrons. The Morgan fingerprint density at radius 2 is 2.03 bits per heavy atom. The highest BCUT2D eigenvalue weighted by Gasteiger charge is 2.38. The number of urea groups is 1. The van der Waals surface area contributed by atoms with E-state index in [2.05, 4.69) is 31.5 Å². The molecule has 8 nitrogen and oxygen atoms in total. The molecule has 2 fully saturated rings. The molecule has 174 valence electrons. The SMILES string of the molecule is O=C(Nc1nc2c(s1)CN(C(=O)C1CC(=O)N(c3cccc(Br)c3)C1)CC2)NC1CCCC1. The molecule has 1 atom stereocenters. The third kappa shape index (κ3) is 4.91. The molecule has 0 spiro atoms. The van der Waals surface area contributed by atoms with E-state index in [1.54, 1.807) is 4.90 Å². The molecule has 1 unspecified atom stereocenters. The summed E-state index contributed by atoms with van der Waals surface area (Å²) >= 11 is 4.87. The Hall–Kier alpha value is -2.46. The third-order valence-electron chi connectivity index (χ3n) is 6.55. The van der Waals surface area contributed by atoms with Crippen LogP contribution < -0.4 is 15.5 Å². The van der Waals surface area contributed by atoms with E-state index in [9.17, 15) is 14.4 Å². The highest BCUT2D eigenvalue weighted by molar-refractivity contribution is 9.10.